The largest absolute Gasteiger partial charge is 0.494 e. The van der Waals surface area contributed by atoms with Crippen LogP contribution in [0.2, 0.25) is 0 Å². The average Bonchev–Trinajstić information content (AvgIpc) is 2.54. The summed E-state index contributed by atoms with van der Waals surface area (Å²) in [5.74, 6) is -0.478. The second-order valence-electron chi connectivity index (χ2n) is 4.57. The molecule has 0 atom stereocenters. The highest BCUT2D eigenvalue weighted by atomic mass is 16.5. The van der Waals surface area contributed by atoms with E-state index in [9.17, 15) is 14.4 Å². The first kappa shape index (κ1) is 18.4. The SMILES string of the molecule is CCC(=O)NCC(=O)Nc1ccc(NC(=O)COC)c(OC)c1. The Morgan fingerprint density at radius 3 is 2.39 bits per heavy atom. The van der Waals surface area contributed by atoms with Gasteiger partial charge in [-0.3, -0.25) is 14.4 Å². The molecule has 0 bridgehead atoms. The quantitative estimate of drug-likeness (QED) is 0.654. The number of carbonyl (C=O) groups excluding carboxylic acids is 3. The molecule has 1 aromatic rings. The lowest BCUT2D eigenvalue weighted by molar-refractivity contribution is -0.123. The van der Waals surface area contributed by atoms with Crippen LogP contribution in [-0.4, -0.2) is 45.1 Å². The van der Waals surface area contributed by atoms with Crippen LogP contribution < -0.4 is 20.7 Å². The molecule has 0 unspecified atom stereocenters. The Balaban J connectivity index is 2.69. The minimum absolute atomic E-state index is 0.0707. The first-order valence-corrected chi connectivity index (χ1v) is 7.03. The number of rotatable bonds is 8. The van der Waals surface area contributed by atoms with Gasteiger partial charge in [0.15, 0.2) is 0 Å². The van der Waals surface area contributed by atoms with Crippen LogP contribution in [0.5, 0.6) is 5.75 Å². The van der Waals surface area contributed by atoms with Gasteiger partial charge in [0, 0.05) is 25.3 Å². The van der Waals surface area contributed by atoms with E-state index in [0.29, 0.717) is 23.5 Å². The zero-order valence-electron chi connectivity index (χ0n) is 13.4. The Kier molecular flexibility index (Phi) is 7.55. The summed E-state index contributed by atoms with van der Waals surface area (Å²) in [5, 5.41) is 7.74. The lowest BCUT2D eigenvalue weighted by Gasteiger charge is -2.12. The molecule has 8 heteroatoms. The van der Waals surface area contributed by atoms with Gasteiger partial charge in [-0.1, -0.05) is 6.92 Å². The van der Waals surface area contributed by atoms with Crippen molar-refractivity contribution in [3.8, 4) is 5.75 Å². The zero-order chi connectivity index (χ0) is 17.2. The molecule has 1 aromatic carbocycles. The molecular weight excluding hydrogens is 302 g/mol. The van der Waals surface area contributed by atoms with E-state index in [1.165, 1.54) is 14.2 Å². The van der Waals surface area contributed by atoms with Crippen LogP contribution in [0.3, 0.4) is 0 Å². The monoisotopic (exact) mass is 323 g/mol. The number of anilines is 2. The first-order valence-electron chi connectivity index (χ1n) is 7.03. The van der Waals surface area contributed by atoms with Crippen molar-refractivity contribution >= 4 is 29.1 Å². The number of carbonyl (C=O) groups is 3. The van der Waals surface area contributed by atoms with Crippen molar-refractivity contribution in [1.82, 2.24) is 5.32 Å². The van der Waals surface area contributed by atoms with Crippen molar-refractivity contribution in [2.45, 2.75) is 13.3 Å². The molecule has 23 heavy (non-hydrogen) atoms. The third kappa shape index (κ3) is 6.35. The molecule has 0 aliphatic rings. The van der Waals surface area contributed by atoms with Crippen LogP contribution in [0.1, 0.15) is 13.3 Å². The Labute approximate surface area is 134 Å². The normalized spacial score (nSPS) is 9.87. The minimum Gasteiger partial charge on any atom is -0.494 e. The molecule has 0 saturated heterocycles. The van der Waals surface area contributed by atoms with Crippen LogP contribution in [-0.2, 0) is 19.1 Å². The van der Waals surface area contributed by atoms with E-state index in [-0.39, 0.29) is 30.9 Å². The number of amides is 3. The fourth-order valence-corrected chi connectivity index (χ4v) is 1.70. The van der Waals surface area contributed by atoms with Crippen molar-refractivity contribution < 1.29 is 23.9 Å². The molecular formula is C15H21N3O5. The minimum atomic E-state index is -0.356. The molecule has 0 aliphatic carbocycles. The summed E-state index contributed by atoms with van der Waals surface area (Å²) < 4.78 is 9.92. The highest BCUT2D eigenvalue weighted by molar-refractivity contribution is 5.96. The number of ether oxygens (including phenoxy) is 2. The van der Waals surface area contributed by atoms with Crippen LogP contribution in [0.15, 0.2) is 18.2 Å². The van der Waals surface area contributed by atoms with Gasteiger partial charge in [0.2, 0.25) is 17.7 Å². The van der Waals surface area contributed by atoms with Crippen molar-refractivity contribution in [3.05, 3.63) is 18.2 Å². The molecule has 0 aromatic heterocycles. The van der Waals surface area contributed by atoms with Gasteiger partial charge >= 0.3 is 0 Å². The molecule has 126 valence electrons. The molecule has 0 radical (unpaired) electrons. The van der Waals surface area contributed by atoms with Gasteiger partial charge in [-0.05, 0) is 12.1 Å². The molecule has 0 fully saturated rings. The van der Waals surface area contributed by atoms with E-state index < -0.39 is 0 Å². The van der Waals surface area contributed by atoms with Crippen molar-refractivity contribution in [1.29, 1.82) is 0 Å². The second kappa shape index (κ2) is 9.42. The topological polar surface area (TPSA) is 106 Å². The number of hydrogen-bond acceptors (Lipinski definition) is 5. The van der Waals surface area contributed by atoms with Crippen LogP contribution >= 0.6 is 0 Å². The smallest absolute Gasteiger partial charge is 0.250 e. The summed E-state index contributed by atoms with van der Waals surface area (Å²) in [6.07, 6.45) is 0.316. The number of methoxy groups -OCH3 is 2. The average molecular weight is 323 g/mol. The maximum Gasteiger partial charge on any atom is 0.250 e. The predicted molar refractivity (Wildman–Crippen MR) is 85.4 cm³/mol. The summed E-state index contributed by atoms with van der Waals surface area (Å²) in [4.78, 5) is 34.4. The van der Waals surface area contributed by atoms with E-state index in [0.717, 1.165) is 0 Å². The summed E-state index contributed by atoms with van der Waals surface area (Å²) >= 11 is 0. The highest BCUT2D eigenvalue weighted by Crippen LogP contribution is 2.27. The first-order chi connectivity index (χ1) is 11.0. The summed E-state index contributed by atoms with van der Waals surface area (Å²) in [6, 6.07) is 4.79. The number of nitrogens with one attached hydrogen (secondary N) is 3. The lowest BCUT2D eigenvalue weighted by Crippen LogP contribution is -2.32. The van der Waals surface area contributed by atoms with Crippen molar-refractivity contribution in [2.75, 3.05) is 38.0 Å². The Morgan fingerprint density at radius 2 is 1.78 bits per heavy atom. The fourth-order valence-electron chi connectivity index (χ4n) is 1.70. The summed E-state index contributed by atoms with van der Waals surface area (Å²) in [5.41, 5.74) is 0.953. The van der Waals surface area contributed by atoms with E-state index in [2.05, 4.69) is 16.0 Å². The van der Waals surface area contributed by atoms with Gasteiger partial charge in [0.1, 0.15) is 12.4 Å². The zero-order valence-corrected chi connectivity index (χ0v) is 13.4. The molecule has 0 spiro atoms. The molecule has 3 amide bonds. The van der Waals surface area contributed by atoms with Crippen LogP contribution in [0.25, 0.3) is 0 Å². The maximum atomic E-state index is 11.7. The summed E-state index contributed by atoms with van der Waals surface area (Å²) in [7, 11) is 2.88. The van der Waals surface area contributed by atoms with Gasteiger partial charge in [0.25, 0.3) is 0 Å². The molecule has 0 heterocycles. The van der Waals surface area contributed by atoms with Crippen molar-refractivity contribution in [3.63, 3.8) is 0 Å². The molecule has 0 saturated carbocycles. The van der Waals surface area contributed by atoms with Gasteiger partial charge in [0.05, 0.1) is 19.3 Å². The van der Waals surface area contributed by atoms with E-state index in [1.807, 2.05) is 0 Å². The van der Waals surface area contributed by atoms with E-state index >= 15 is 0 Å². The molecule has 3 N–H and O–H groups in total. The van der Waals surface area contributed by atoms with Gasteiger partial charge in [-0.25, -0.2) is 0 Å². The third-order valence-electron chi connectivity index (χ3n) is 2.80. The van der Waals surface area contributed by atoms with Gasteiger partial charge in [-0.2, -0.15) is 0 Å². The fraction of sp³-hybridized carbons (Fsp3) is 0.400. The Hall–Kier alpha value is -2.61. The number of hydrogen-bond donors (Lipinski definition) is 3. The van der Waals surface area contributed by atoms with Crippen LogP contribution in [0, 0.1) is 0 Å². The Morgan fingerprint density at radius 1 is 1.04 bits per heavy atom. The Bertz CT molecular complexity index is 574. The molecule has 1 rings (SSSR count). The lowest BCUT2D eigenvalue weighted by atomic mass is 10.2. The second-order valence-corrected chi connectivity index (χ2v) is 4.57. The molecule has 8 nitrogen and oxygen atoms in total. The predicted octanol–water partition coefficient (Wildman–Crippen LogP) is 0.745. The summed E-state index contributed by atoms with van der Waals surface area (Å²) in [6.45, 7) is 1.52. The van der Waals surface area contributed by atoms with Gasteiger partial charge in [-0.15, -0.1) is 0 Å². The highest BCUT2D eigenvalue weighted by Gasteiger charge is 2.10. The van der Waals surface area contributed by atoms with E-state index in [4.69, 9.17) is 9.47 Å². The third-order valence-corrected chi connectivity index (χ3v) is 2.80. The van der Waals surface area contributed by atoms with Crippen molar-refractivity contribution in [2.24, 2.45) is 0 Å². The van der Waals surface area contributed by atoms with Crippen LogP contribution in [0.4, 0.5) is 11.4 Å². The van der Waals surface area contributed by atoms with Gasteiger partial charge < -0.3 is 25.4 Å². The maximum absolute atomic E-state index is 11.7. The standard InChI is InChI=1S/C15H21N3O5/c1-4-13(19)16-8-14(20)17-10-5-6-11(12(7-10)23-3)18-15(21)9-22-2/h5-7H,4,8-9H2,1-3H3,(H,16,19)(H,17,20)(H,18,21). The molecule has 0 aliphatic heterocycles. The number of benzene rings is 1. The van der Waals surface area contributed by atoms with E-state index in [1.54, 1.807) is 25.1 Å².